The predicted octanol–water partition coefficient (Wildman–Crippen LogP) is 6.32. The number of urea groups is 1. The third-order valence-electron chi connectivity index (χ3n) is 7.25. The first-order valence-corrected chi connectivity index (χ1v) is 12.1. The summed E-state index contributed by atoms with van der Waals surface area (Å²) in [5, 5.41) is 1.79. The summed E-state index contributed by atoms with van der Waals surface area (Å²) < 4.78 is 33.8. The van der Waals surface area contributed by atoms with Crippen LogP contribution in [-0.2, 0) is 10.3 Å². The van der Waals surface area contributed by atoms with Gasteiger partial charge in [0, 0.05) is 30.9 Å². The Morgan fingerprint density at radius 3 is 2.43 bits per heavy atom. The summed E-state index contributed by atoms with van der Waals surface area (Å²) in [4.78, 5) is 32.1. The molecule has 0 aliphatic carbocycles. The van der Waals surface area contributed by atoms with Crippen LogP contribution in [0.5, 0.6) is 0 Å². The maximum atomic E-state index is 14.3. The number of rotatable bonds is 6. The molecule has 0 saturated carbocycles. The number of halogens is 4. The lowest BCUT2D eigenvalue weighted by Gasteiger charge is -2.43. The van der Waals surface area contributed by atoms with E-state index in [4.69, 9.17) is 4.74 Å². The topological polar surface area (TPSA) is 74.8 Å². The number of benzene rings is 1. The molecule has 1 aromatic carbocycles. The van der Waals surface area contributed by atoms with Crippen molar-refractivity contribution in [3.63, 3.8) is 0 Å². The SMILES string of the molecule is CCCCC1(c2ccc(F)c(F)c2)N(C(=O)NN2CCC(c3ccccn3)CC2)C(=O)OC1(C)C.Cl.Cl. The summed E-state index contributed by atoms with van der Waals surface area (Å²) in [6.45, 7) is 6.57. The van der Waals surface area contributed by atoms with Crippen molar-refractivity contribution < 1.29 is 23.1 Å². The van der Waals surface area contributed by atoms with Crippen LogP contribution in [0.4, 0.5) is 18.4 Å². The number of ether oxygens (including phenoxy) is 1. The van der Waals surface area contributed by atoms with Crippen LogP contribution in [0.3, 0.4) is 0 Å². The summed E-state index contributed by atoms with van der Waals surface area (Å²) in [5.41, 5.74) is 1.75. The maximum Gasteiger partial charge on any atom is 0.419 e. The fourth-order valence-electron chi connectivity index (χ4n) is 5.34. The highest BCUT2D eigenvalue weighted by Crippen LogP contribution is 2.50. The highest BCUT2D eigenvalue weighted by Gasteiger charge is 2.63. The molecule has 3 heterocycles. The number of aromatic nitrogens is 1. The van der Waals surface area contributed by atoms with Crippen LogP contribution in [0.15, 0.2) is 42.6 Å². The lowest BCUT2D eigenvalue weighted by atomic mass is 9.72. The fraction of sp³-hybridized carbons (Fsp3) is 0.500. The number of hydrazine groups is 1. The number of nitrogens with one attached hydrogen (secondary N) is 1. The lowest BCUT2D eigenvalue weighted by Crippen LogP contribution is -2.60. The van der Waals surface area contributed by atoms with E-state index in [0.29, 0.717) is 37.4 Å². The van der Waals surface area contributed by atoms with Gasteiger partial charge in [-0.05, 0) is 62.9 Å². The van der Waals surface area contributed by atoms with E-state index in [-0.39, 0.29) is 24.8 Å². The number of carbonyl (C=O) groups excluding carboxylic acids is 2. The Morgan fingerprint density at radius 2 is 1.84 bits per heavy atom. The van der Waals surface area contributed by atoms with Gasteiger partial charge in [-0.3, -0.25) is 10.4 Å². The van der Waals surface area contributed by atoms with E-state index >= 15 is 0 Å². The number of carbonyl (C=O) groups is 2. The molecular formula is C26H34Cl2F2N4O3. The molecule has 2 aromatic rings. The summed E-state index contributed by atoms with van der Waals surface area (Å²) in [6, 6.07) is 8.72. The van der Waals surface area contributed by atoms with Crippen LogP contribution in [0.25, 0.3) is 0 Å². The van der Waals surface area contributed by atoms with E-state index < -0.39 is 34.9 Å². The van der Waals surface area contributed by atoms with E-state index in [1.54, 1.807) is 25.1 Å². The molecule has 1 atom stereocenters. The van der Waals surface area contributed by atoms with Crippen molar-refractivity contribution in [1.29, 1.82) is 0 Å². The standard InChI is InChI=1S/C26H32F2N4O3.2ClH/c1-4-5-13-26(19-9-10-20(27)21(28)17-19)25(2,3)35-24(34)32(26)23(33)30-31-15-11-18(12-16-31)22-8-6-7-14-29-22;;/h6-10,14,17-18H,4-5,11-13,15-16H2,1-3H3,(H,30,33);2*1H. The summed E-state index contributed by atoms with van der Waals surface area (Å²) >= 11 is 0. The first-order valence-electron chi connectivity index (χ1n) is 12.1. The molecule has 2 aliphatic heterocycles. The average molecular weight is 559 g/mol. The van der Waals surface area contributed by atoms with Crippen molar-refractivity contribution in [3.8, 4) is 0 Å². The molecule has 2 aliphatic rings. The van der Waals surface area contributed by atoms with Crippen molar-refractivity contribution in [2.24, 2.45) is 0 Å². The number of amides is 3. The van der Waals surface area contributed by atoms with Gasteiger partial charge in [-0.1, -0.05) is 31.9 Å². The monoisotopic (exact) mass is 558 g/mol. The zero-order valence-corrected chi connectivity index (χ0v) is 22.8. The van der Waals surface area contributed by atoms with Crippen molar-refractivity contribution in [3.05, 3.63) is 65.5 Å². The second kappa shape index (κ2) is 12.4. The van der Waals surface area contributed by atoms with Gasteiger partial charge in [0.25, 0.3) is 0 Å². The van der Waals surface area contributed by atoms with E-state index in [0.717, 1.165) is 42.0 Å². The fourth-order valence-corrected chi connectivity index (χ4v) is 5.34. The van der Waals surface area contributed by atoms with Crippen molar-refractivity contribution in [1.82, 2.24) is 20.3 Å². The minimum Gasteiger partial charge on any atom is -0.440 e. The number of hydrogen-bond acceptors (Lipinski definition) is 5. The summed E-state index contributed by atoms with van der Waals surface area (Å²) in [7, 11) is 0. The summed E-state index contributed by atoms with van der Waals surface area (Å²) in [6.07, 6.45) is 4.36. The van der Waals surface area contributed by atoms with Gasteiger partial charge in [-0.15, -0.1) is 24.8 Å². The molecular weight excluding hydrogens is 525 g/mol. The molecule has 1 aromatic heterocycles. The molecule has 0 radical (unpaired) electrons. The molecule has 204 valence electrons. The van der Waals surface area contributed by atoms with Gasteiger partial charge in [-0.25, -0.2) is 28.3 Å². The first kappa shape index (κ1) is 30.7. The van der Waals surface area contributed by atoms with E-state index in [1.807, 2.05) is 25.1 Å². The molecule has 1 unspecified atom stereocenters. The van der Waals surface area contributed by atoms with Crippen LogP contribution in [0.1, 0.15) is 70.1 Å². The number of hydrogen-bond donors (Lipinski definition) is 1. The van der Waals surface area contributed by atoms with Gasteiger partial charge in [0.05, 0.1) is 0 Å². The first-order chi connectivity index (χ1) is 16.7. The van der Waals surface area contributed by atoms with Crippen LogP contribution < -0.4 is 5.43 Å². The Hall–Kier alpha value is -2.49. The zero-order chi connectivity index (χ0) is 25.2. The van der Waals surface area contributed by atoms with Crippen LogP contribution in [-0.4, -0.2) is 45.7 Å². The zero-order valence-electron chi connectivity index (χ0n) is 21.2. The molecule has 0 bridgehead atoms. The van der Waals surface area contributed by atoms with Gasteiger partial charge in [0.15, 0.2) is 11.6 Å². The van der Waals surface area contributed by atoms with Crippen molar-refractivity contribution in [2.45, 2.75) is 69.9 Å². The smallest absolute Gasteiger partial charge is 0.419 e. The second-order valence-electron chi connectivity index (χ2n) is 9.74. The number of piperidine rings is 1. The molecule has 37 heavy (non-hydrogen) atoms. The molecule has 0 spiro atoms. The number of imide groups is 1. The van der Waals surface area contributed by atoms with E-state index in [9.17, 15) is 18.4 Å². The van der Waals surface area contributed by atoms with Crippen molar-refractivity contribution >= 4 is 36.9 Å². The largest absolute Gasteiger partial charge is 0.440 e. The Bertz CT molecular complexity index is 1080. The Labute approximate surface area is 228 Å². The number of unbranched alkanes of at least 4 members (excludes halogenated alkanes) is 1. The maximum absolute atomic E-state index is 14.3. The minimum absolute atomic E-state index is 0. The Morgan fingerprint density at radius 1 is 1.14 bits per heavy atom. The third-order valence-corrected chi connectivity index (χ3v) is 7.25. The molecule has 11 heteroatoms. The van der Waals surface area contributed by atoms with Gasteiger partial charge < -0.3 is 4.74 Å². The lowest BCUT2D eigenvalue weighted by molar-refractivity contribution is 0.00894. The molecule has 1 N–H and O–H groups in total. The quantitative estimate of drug-likeness (QED) is 0.448. The second-order valence-corrected chi connectivity index (χ2v) is 9.74. The summed E-state index contributed by atoms with van der Waals surface area (Å²) in [5.74, 6) is -1.73. The van der Waals surface area contributed by atoms with Crippen LogP contribution in [0.2, 0.25) is 0 Å². The van der Waals surface area contributed by atoms with Crippen LogP contribution in [0, 0.1) is 11.6 Å². The van der Waals surface area contributed by atoms with Crippen molar-refractivity contribution in [2.75, 3.05) is 13.1 Å². The minimum atomic E-state index is -1.30. The van der Waals surface area contributed by atoms with E-state index in [2.05, 4.69) is 10.4 Å². The molecule has 7 nitrogen and oxygen atoms in total. The average Bonchev–Trinajstić information content (AvgIpc) is 3.05. The molecule has 4 rings (SSSR count). The Balaban J connectivity index is 0.00000241. The van der Waals surface area contributed by atoms with Gasteiger partial charge in [0.2, 0.25) is 0 Å². The molecule has 2 saturated heterocycles. The number of nitrogens with zero attached hydrogens (tertiary/aromatic N) is 3. The normalized spacial score (nSPS) is 21.5. The number of pyridine rings is 1. The highest BCUT2D eigenvalue weighted by molar-refractivity contribution is 5.94. The highest BCUT2D eigenvalue weighted by atomic mass is 35.5. The molecule has 3 amide bonds. The third kappa shape index (κ3) is 5.84. The van der Waals surface area contributed by atoms with Gasteiger partial charge in [-0.2, -0.15) is 0 Å². The predicted molar refractivity (Wildman–Crippen MR) is 141 cm³/mol. The molecule has 2 fully saturated rings. The number of cyclic esters (lactones) is 1. The van der Waals surface area contributed by atoms with Gasteiger partial charge >= 0.3 is 12.1 Å². The van der Waals surface area contributed by atoms with Crippen LogP contribution >= 0.6 is 24.8 Å². The Kier molecular flexibility index (Phi) is 10.3. The van der Waals surface area contributed by atoms with E-state index in [1.165, 1.54) is 6.07 Å². The van der Waals surface area contributed by atoms with Gasteiger partial charge in [0.1, 0.15) is 11.1 Å².